The lowest BCUT2D eigenvalue weighted by molar-refractivity contribution is -0.386. The minimum absolute atomic E-state index is 0.0295. The van der Waals surface area contributed by atoms with Crippen molar-refractivity contribution >= 4 is 34.2 Å². The quantitative estimate of drug-likeness (QED) is 0.516. The first-order valence-electron chi connectivity index (χ1n) is 5.82. The number of nitro groups is 1. The van der Waals surface area contributed by atoms with Crippen molar-refractivity contribution in [1.82, 2.24) is 4.57 Å². The van der Waals surface area contributed by atoms with E-state index in [1.54, 1.807) is 6.20 Å². The zero-order chi connectivity index (χ0) is 14.8. The number of nitrogens with zero attached hydrogens (tertiary/aromatic N) is 2. The number of thiol groups is 1. The van der Waals surface area contributed by atoms with Crippen LogP contribution < -0.4 is 5.56 Å². The van der Waals surface area contributed by atoms with Gasteiger partial charge < -0.3 is 4.57 Å². The molecule has 0 amide bonds. The topological polar surface area (TPSA) is 65.1 Å². The zero-order valence-corrected chi connectivity index (χ0v) is 13.6. The Labute approximate surface area is 125 Å². The minimum Gasteiger partial charge on any atom is -0.308 e. The molecule has 0 N–H and O–H groups in total. The van der Waals surface area contributed by atoms with Gasteiger partial charge in [-0.1, -0.05) is 20.8 Å². The van der Waals surface area contributed by atoms with Gasteiger partial charge in [0.15, 0.2) is 0 Å². The van der Waals surface area contributed by atoms with Gasteiger partial charge in [-0.2, -0.15) is 12.6 Å². The van der Waals surface area contributed by atoms with Gasteiger partial charge in [-0.15, -0.1) is 0 Å². The van der Waals surface area contributed by atoms with Gasteiger partial charge in [-0.25, -0.2) is 0 Å². The van der Waals surface area contributed by atoms with Crippen molar-refractivity contribution in [2.45, 2.75) is 27.3 Å². The van der Waals surface area contributed by atoms with Crippen LogP contribution in [0.1, 0.15) is 20.8 Å². The summed E-state index contributed by atoms with van der Waals surface area (Å²) in [5, 5.41) is 10.8. The van der Waals surface area contributed by atoms with Gasteiger partial charge in [0, 0.05) is 23.3 Å². The fraction of sp³-hybridized carbons (Fsp3) is 0.583. The molecule has 0 fully saturated rings. The van der Waals surface area contributed by atoms with Gasteiger partial charge in [0.05, 0.1) is 4.92 Å². The second-order valence-corrected chi connectivity index (χ2v) is 6.78. The van der Waals surface area contributed by atoms with Gasteiger partial charge in [0.2, 0.25) is 0 Å². The smallest absolute Gasteiger partial charge is 0.308 e. The molecule has 0 spiro atoms. The summed E-state index contributed by atoms with van der Waals surface area (Å²) in [5.74, 6) is 0.749. The minimum atomic E-state index is -0.656. The molecule has 0 aliphatic carbocycles. The largest absolute Gasteiger partial charge is 0.335 e. The molecule has 19 heavy (non-hydrogen) atoms. The molecule has 1 aromatic rings. The highest BCUT2D eigenvalue weighted by molar-refractivity contribution is 9.10. The molecule has 0 saturated carbocycles. The van der Waals surface area contributed by atoms with Gasteiger partial charge in [0.1, 0.15) is 0 Å². The van der Waals surface area contributed by atoms with Crippen LogP contribution >= 0.6 is 28.6 Å². The lowest BCUT2D eigenvalue weighted by Crippen LogP contribution is -2.32. The Bertz CT molecular complexity index is 537. The second kappa shape index (κ2) is 6.09. The predicted molar refractivity (Wildman–Crippen MR) is 81.9 cm³/mol. The predicted octanol–water partition coefficient (Wildman–Crippen LogP) is 3.11. The van der Waals surface area contributed by atoms with Crippen LogP contribution in [0.3, 0.4) is 0 Å². The van der Waals surface area contributed by atoms with Crippen molar-refractivity contribution in [1.29, 1.82) is 0 Å². The van der Waals surface area contributed by atoms with Crippen molar-refractivity contribution < 1.29 is 4.92 Å². The van der Waals surface area contributed by atoms with Gasteiger partial charge in [-0.3, -0.25) is 14.9 Å². The molecule has 1 aromatic heterocycles. The van der Waals surface area contributed by atoms with Crippen LogP contribution in [0.5, 0.6) is 0 Å². The number of pyridine rings is 1. The highest BCUT2D eigenvalue weighted by atomic mass is 79.9. The molecule has 0 aliphatic rings. The van der Waals surface area contributed by atoms with E-state index in [0.717, 1.165) is 0 Å². The monoisotopic (exact) mass is 348 g/mol. The van der Waals surface area contributed by atoms with Crippen LogP contribution in [-0.4, -0.2) is 15.2 Å². The van der Waals surface area contributed by atoms with Crippen molar-refractivity contribution in [2.24, 2.45) is 11.3 Å². The van der Waals surface area contributed by atoms with Gasteiger partial charge in [-0.05, 0) is 33.0 Å². The summed E-state index contributed by atoms with van der Waals surface area (Å²) in [6.45, 7) is 6.59. The lowest BCUT2D eigenvalue weighted by Gasteiger charge is -2.29. The van der Waals surface area contributed by atoms with Crippen molar-refractivity contribution in [3.8, 4) is 0 Å². The first kappa shape index (κ1) is 16.2. The zero-order valence-electron chi connectivity index (χ0n) is 11.1. The van der Waals surface area contributed by atoms with E-state index in [0.29, 0.717) is 16.8 Å². The summed E-state index contributed by atoms with van der Waals surface area (Å²) in [6, 6.07) is 1.23. The fourth-order valence-electron chi connectivity index (χ4n) is 1.69. The average Bonchev–Trinajstić information content (AvgIpc) is 2.27. The van der Waals surface area contributed by atoms with Crippen molar-refractivity contribution in [3.63, 3.8) is 0 Å². The molecule has 0 radical (unpaired) electrons. The van der Waals surface area contributed by atoms with E-state index in [-0.39, 0.29) is 11.3 Å². The maximum Gasteiger partial charge on any atom is 0.335 e. The standard InChI is InChI=1S/C12H17BrN2O3S/c1-12(2,3)8(7-19)5-14-6-9(13)4-10(11(14)16)15(17)18/h4,6,8,19H,5,7H2,1-3H3. The Morgan fingerprint density at radius 1 is 1.53 bits per heavy atom. The summed E-state index contributed by atoms with van der Waals surface area (Å²) < 4.78 is 1.90. The van der Waals surface area contributed by atoms with Crippen LogP contribution in [0.25, 0.3) is 0 Å². The molecule has 1 rings (SSSR count). The molecular formula is C12H17BrN2O3S. The van der Waals surface area contributed by atoms with Crippen molar-refractivity contribution in [3.05, 3.63) is 37.2 Å². The van der Waals surface area contributed by atoms with E-state index >= 15 is 0 Å². The van der Waals surface area contributed by atoms with Crippen LogP contribution in [0.4, 0.5) is 5.69 Å². The normalized spacial score (nSPS) is 13.3. The van der Waals surface area contributed by atoms with Crippen molar-refractivity contribution in [2.75, 3.05) is 5.75 Å². The number of hydrogen-bond acceptors (Lipinski definition) is 4. The molecular weight excluding hydrogens is 332 g/mol. The van der Waals surface area contributed by atoms with E-state index in [1.807, 2.05) is 0 Å². The van der Waals surface area contributed by atoms with Crippen LogP contribution in [0.2, 0.25) is 0 Å². The SMILES string of the molecule is CC(C)(C)C(CS)Cn1cc(Br)cc([N+](=O)[O-])c1=O. The molecule has 0 aromatic carbocycles. The highest BCUT2D eigenvalue weighted by Crippen LogP contribution is 2.28. The third kappa shape index (κ3) is 4.07. The number of halogens is 1. The molecule has 0 saturated heterocycles. The Kier molecular flexibility index (Phi) is 5.20. The molecule has 0 aliphatic heterocycles. The van der Waals surface area contributed by atoms with Gasteiger partial charge in [0.25, 0.3) is 0 Å². The Morgan fingerprint density at radius 3 is 2.53 bits per heavy atom. The molecule has 106 valence electrons. The maximum atomic E-state index is 12.0. The van der Waals surface area contributed by atoms with E-state index < -0.39 is 16.2 Å². The second-order valence-electron chi connectivity index (χ2n) is 5.50. The summed E-state index contributed by atoms with van der Waals surface area (Å²) in [7, 11) is 0. The maximum absolute atomic E-state index is 12.0. The number of hydrogen-bond donors (Lipinski definition) is 1. The highest BCUT2D eigenvalue weighted by Gasteiger charge is 2.25. The van der Waals surface area contributed by atoms with Crippen LogP contribution in [-0.2, 0) is 6.54 Å². The van der Waals surface area contributed by atoms with E-state index in [1.165, 1.54) is 10.6 Å². The summed E-state index contributed by atoms with van der Waals surface area (Å²) in [5.41, 5.74) is -1.02. The molecule has 1 unspecified atom stereocenters. The molecule has 7 heteroatoms. The van der Waals surface area contributed by atoms with Crippen LogP contribution in [0, 0.1) is 21.4 Å². The lowest BCUT2D eigenvalue weighted by atomic mass is 9.82. The third-order valence-corrected chi connectivity index (χ3v) is 3.97. The average molecular weight is 349 g/mol. The molecule has 1 atom stereocenters. The van der Waals surface area contributed by atoms with E-state index in [4.69, 9.17) is 0 Å². The summed E-state index contributed by atoms with van der Waals surface area (Å²) >= 11 is 7.50. The van der Waals surface area contributed by atoms with E-state index in [9.17, 15) is 14.9 Å². The Balaban J connectivity index is 3.22. The Hall–Kier alpha value is -0.820. The summed E-state index contributed by atoms with van der Waals surface area (Å²) in [6.07, 6.45) is 1.58. The number of rotatable bonds is 4. The van der Waals surface area contributed by atoms with Gasteiger partial charge >= 0.3 is 11.2 Å². The molecule has 1 heterocycles. The first-order chi connectivity index (χ1) is 8.66. The molecule has 0 bridgehead atoms. The molecule has 5 nitrogen and oxygen atoms in total. The number of aromatic nitrogens is 1. The third-order valence-electron chi connectivity index (χ3n) is 3.09. The first-order valence-corrected chi connectivity index (χ1v) is 7.24. The van der Waals surface area contributed by atoms with Crippen LogP contribution in [0.15, 0.2) is 21.5 Å². The summed E-state index contributed by atoms with van der Waals surface area (Å²) in [4.78, 5) is 22.2. The van der Waals surface area contributed by atoms with E-state index in [2.05, 4.69) is 49.3 Å². The fourth-order valence-corrected chi connectivity index (χ4v) is 2.82. The Morgan fingerprint density at radius 2 is 2.11 bits per heavy atom.